The lowest BCUT2D eigenvalue weighted by Gasteiger charge is -2.04. The topological polar surface area (TPSA) is 89.6 Å². The van der Waals surface area contributed by atoms with Gasteiger partial charge in [-0.05, 0) is 60.7 Å². The third kappa shape index (κ3) is 10.3. The summed E-state index contributed by atoms with van der Waals surface area (Å²) in [6.45, 7) is 4.46. The number of benzene rings is 8. The summed E-state index contributed by atoms with van der Waals surface area (Å²) >= 11 is 0. The van der Waals surface area contributed by atoms with Crippen molar-refractivity contribution in [2.45, 2.75) is 32.7 Å². The molecule has 125 heavy (non-hydrogen) atoms. The van der Waals surface area contributed by atoms with Gasteiger partial charge in [-0.15, -0.1) is 0 Å². The van der Waals surface area contributed by atoms with E-state index in [0.29, 0.717) is 0 Å². The molecule has 0 atom stereocenters. The molecule has 0 N–H and O–H groups in total. The van der Waals surface area contributed by atoms with Crippen molar-refractivity contribution in [1.82, 2.24) is 32.6 Å². The van der Waals surface area contributed by atoms with Crippen LogP contribution >= 0.6 is 0 Å². The molecule has 17 nitrogen and oxygen atoms in total. The van der Waals surface area contributed by atoms with E-state index in [1.54, 1.807) is 13.4 Å². The van der Waals surface area contributed by atoms with E-state index in [1.807, 2.05) is 49.2 Å². The molecule has 0 bridgehead atoms. The maximum atomic E-state index is 6.32. The van der Waals surface area contributed by atoms with Crippen molar-refractivity contribution < 1.29 is 44.7 Å². The Balaban J connectivity index is 0.0000000833. The number of nitrogens with zero attached hydrogens (tertiary/aromatic N) is 17. The normalized spacial score (nSPS) is 12.8. The summed E-state index contributed by atoms with van der Waals surface area (Å²) in [5.74, 6) is 0. The number of fused-ring (bicyclic) bond motifs is 15. The highest BCUT2D eigenvalue weighted by Crippen LogP contribution is 2.42. The first-order chi connectivity index (χ1) is 61.6. The van der Waals surface area contributed by atoms with Crippen LogP contribution in [0.1, 0.15) is 27.8 Å². The zero-order chi connectivity index (χ0) is 82.7. The van der Waals surface area contributed by atoms with Crippen LogP contribution < -0.4 is 44.7 Å². The second-order valence-electron chi connectivity index (χ2n) is 33.4. The Morgan fingerprint density at radius 2 is 0.592 bits per heavy atom. The molecule has 20 heteroatoms. The van der Waals surface area contributed by atoms with E-state index >= 15 is 0 Å². The first-order valence-electron chi connectivity index (χ1n) is 42.4. The molecule has 0 unspecified atom stereocenters. The van der Waals surface area contributed by atoms with E-state index in [0.717, 1.165) is 71.3 Å². The SMILES string of the molecule is C[n+]1ccc2c3c1c1ccccc1[n+]1cc(-c4ccccc4)n(c31)C2.C[n+]1ccc2c3c1c1ncccc1[n+]1cc(-c4ccccc4)n(c31)C2.[B][n+]1ccc2c3c1c1ccccc1[n+]1cc(-c4ccccc4)n(c31)C2.[B][n+]1ccc2c3c1c1ccccc1n1c(-c4ccccc4)c[n+](c31)C2.[B][n+]1ccc2c3c1c1ncccc1[n+]1cc(-c4ccccc4)n(c31)C2. The van der Waals surface area contributed by atoms with Gasteiger partial charge in [0.15, 0.2) is 62.9 Å². The number of para-hydroxylation sites is 3. The van der Waals surface area contributed by atoms with Crippen LogP contribution in [0.25, 0.3) is 194 Å². The molecule has 25 aromatic rings. The highest BCUT2D eigenvalue weighted by Gasteiger charge is 2.41. The molecular weight excluding hydrogens is 1530 g/mol. The van der Waals surface area contributed by atoms with Crippen LogP contribution in [-0.4, -0.2) is 56.6 Å². The molecule has 5 aliphatic heterocycles. The molecule has 0 saturated heterocycles. The fourth-order valence-electron chi connectivity index (χ4n) is 21.2. The number of pyridine rings is 12. The first-order valence-corrected chi connectivity index (χ1v) is 42.4. The standard InChI is InChI=1S/C22H17N3.2C21H14BN3.C21H16N4.C20H13BN4/c1-23-12-11-16-13-24-19(15-7-3-2-4-8-15)14-25-18-10-6-5-9-17(18)21(23)20(16)22(24)25;22-25-11-10-15-12-23-18(14-6-2-1-3-7-14)13-24-17-9-5-4-8-16(17)20(25)19(15)21(23)24;22-24-11-10-15-12-23-13-18(14-6-2-1-3-7-14)25-17-9-5-4-8-16(17)20(24)19(15)21(23)25;1-23-11-9-15-12-24-17(14-6-3-2-4-7-14)13-25-16-8-5-10-22-19(16)20(23)18(15)21(24)25;21-25-10-8-14-11-23-16(13-5-2-1-3-6-13)12-24-15-7-4-9-22-18(15)19(25)17(14)20(23)24/h2-12,14H,13H2,1H3;2*1-11,13H,12H2;2-11,13H,12H2,1H3;1-10,12H,11H2/q5*+2. The maximum Gasteiger partial charge on any atom is 0.586 e. The van der Waals surface area contributed by atoms with E-state index in [2.05, 4.69) is 377 Å². The average Bonchev–Trinajstić information content (AvgIpc) is 1.57. The van der Waals surface area contributed by atoms with Gasteiger partial charge >= 0.3 is 52.2 Å². The quantitative estimate of drug-likeness (QED) is 0.0976. The lowest BCUT2D eigenvalue weighted by molar-refractivity contribution is -0.657. The Morgan fingerprint density at radius 1 is 0.272 bits per heavy atom. The van der Waals surface area contributed by atoms with Gasteiger partial charge in [-0.3, -0.25) is 13.4 Å². The number of aromatic nitrogens is 17. The summed E-state index contributed by atoms with van der Waals surface area (Å²) < 4.78 is 33.3. The van der Waals surface area contributed by atoms with Crippen LogP contribution in [0, 0.1) is 0 Å². The number of imidazole rings is 5. The van der Waals surface area contributed by atoms with E-state index < -0.39 is 0 Å². The zero-order valence-corrected chi connectivity index (χ0v) is 68.4. The molecule has 30 rings (SSSR count). The monoisotopic (exact) mass is 1610 g/mol. The van der Waals surface area contributed by atoms with Crippen LogP contribution in [0.15, 0.2) is 353 Å². The van der Waals surface area contributed by atoms with Gasteiger partial charge in [0, 0.05) is 98.4 Å². The minimum absolute atomic E-state index is 0.851. The fraction of sp³-hybridized carbons (Fsp3) is 0.0667. The lowest BCUT2D eigenvalue weighted by Crippen LogP contribution is -2.33. The first kappa shape index (κ1) is 70.9. The average molecular weight is 1610 g/mol. The van der Waals surface area contributed by atoms with E-state index in [9.17, 15) is 0 Å². The molecule has 0 spiro atoms. The Hall–Kier alpha value is -15.9. The Kier molecular flexibility index (Phi) is 15.3. The van der Waals surface area contributed by atoms with Crippen molar-refractivity contribution >= 4 is 161 Å². The maximum absolute atomic E-state index is 6.32. The lowest BCUT2D eigenvalue weighted by atomic mass is 10.1. The van der Waals surface area contributed by atoms with Crippen molar-refractivity contribution in [3.05, 3.63) is 381 Å². The number of aryl methyl sites for hydroxylation is 2. The third-order valence-electron chi connectivity index (χ3n) is 26.6. The molecule has 5 aliphatic rings. The van der Waals surface area contributed by atoms with Gasteiger partial charge in [0.2, 0.25) is 22.1 Å². The number of hydrogen-bond acceptors (Lipinski definition) is 2. The number of hydrogen-bond donors (Lipinski definition) is 0. The van der Waals surface area contributed by atoms with E-state index in [4.69, 9.17) is 28.9 Å². The third-order valence-corrected chi connectivity index (χ3v) is 26.6. The van der Waals surface area contributed by atoms with Crippen LogP contribution in [0.3, 0.4) is 0 Å². The minimum atomic E-state index is 0.851. The van der Waals surface area contributed by atoms with E-state index in [-0.39, 0.29) is 0 Å². The Morgan fingerprint density at radius 3 is 1.06 bits per heavy atom. The molecule has 6 radical (unpaired) electrons. The molecule has 0 aliphatic carbocycles. The Bertz CT molecular complexity index is 8100. The molecule has 8 aromatic carbocycles. The van der Waals surface area contributed by atoms with Crippen LogP contribution in [0.5, 0.6) is 0 Å². The second-order valence-corrected chi connectivity index (χ2v) is 33.4. The molecular formula is C105H74B3N17+10. The molecule has 578 valence electrons. The van der Waals surface area contributed by atoms with Gasteiger partial charge in [-0.1, -0.05) is 188 Å². The largest absolute Gasteiger partial charge is 0.586 e. The fourth-order valence-corrected chi connectivity index (χ4v) is 21.2. The van der Waals surface area contributed by atoms with Crippen molar-refractivity contribution in [1.29, 1.82) is 0 Å². The van der Waals surface area contributed by atoms with Gasteiger partial charge in [0.05, 0.1) is 16.2 Å². The molecule has 0 amide bonds. The van der Waals surface area contributed by atoms with Gasteiger partial charge in [0.25, 0.3) is 5.52 Å². The van der Waals surface area contributed by atoms with Gasteiger partial charge in [-0.25, -0.2) is 37.4 Å². The molecule has 17 aromatic heterocycles. The predicted molar refractivity (Wildman–Crippen MR) is 488 cm³/mol. The van der Waals surface area contributed by atoms with Gasteiger partial charge in [-0.2, -0.15) is 26.6 Å². The molecule has 0 fully saturated rings. The summed E-state index contributed by atoms with van der Waals surface area (Å²) in [7, 11) is 23.2. The summed E-state index contributed by atoms with van der Waals surface area (Å²) in [5.41, 5.74) is 38.8. The predicted octanol–water partition coefficient (Wildman–Crippen LogP) is 13.9. The van der Waals surface area contributed by atoms with Crippen LogP contribution in [-0.2, 0) is 46.8 Å². The summed E-state index contributed by atoms with van der Waals surface area (Å²) in [6, 6.07) is 97.8. The van der Waals surface area contributed by atoms with Gasteiger partial charge in [0.1, 0.15) is 140 Å². The van der Waals surface area contributed by atoms with Crippen molar-refractivity contribution in [2.24, 2.45) is 14.1 Å². The van der Waals surface area contributed by atoms with Crippen molar-refractivity contribution in [2.75, 3.05) is 0 Å². The Labute approximate surface area is 718 Å². The minimum Gasteiger partial charge on any atom is -0.285 e. The van der Waals surface area contributed by atoms with Gasteiger partial charge < -0.3 is 0 Å². The molecule has 22 heterocycles. The number of rotatable bonds is 5. The van der Waals surface area contributed by atoms with Crippen LogP contribution in [0.2, 0.25) is 0 Å². The highest BCUT2D eigenvalue weighted by atomic mass is 15.2. The highest BCUT2D eigenvalue weighted by molar-refractivity contribution is 6.15. The molecule has 0 saturated carbocycles. The van der Waals surface area contributed by atoms with Crippen molar-refractivity contribution in [3.63, 3.8) is 0 Å². The second kappa shape index (κ2) is 27.0. The zero-order valence-electron chi connectivity index (χ0n) is 68.4. The van der Waals surface area contributed by atoms with Crippen LogP contribution in [0.4, 0.5) is 0 Å². The smallest absolute Gasteiger partial charge is 0.285 e. The summed E-state index contributed by atoms with van der Waals surface area (Å²) in [5, 5.41) is 10.1. The summed E-state index contributed by atoms with van der Waals surface area (Å²) in [6.07, 6.45) is 25.2. The summed E-state index contributed by atoms with van der Waals surface area (Å²) in [4.78, 5) is 9.35. The van der Waals surface area contributed by atoms with Crippen molar-refractivity contribution in [3.8, 4) is 56.3 Å². The van der Waals surface area contributed by atoms with E-state index in [1.165, 1.54) is 183 Å².